The van der Waals surface area contributed by atoms with Gasteiger partial charge in [0.2, 0.25) is 10.0 Å². The molecule has 0 radical (unpaired) electrons. The number of hydrogen-bond donors (Lipinski definition) is 2. The lowest BCUT2D eigenvalue weighted by Gasteiger charge is -2.23. The van der Waals surface area contributed by atoms with Crippen molar-refractivity contribution in [1.29, 1.82) is 0 Å². The normalized spacial score (nSPS) is 12.4. The molecule has 7 heteroatoms. The van der Waals surface area contributed by atoms with Crippen LogP contribution in [0.25, 0.3) is 0 Å². The molecule has 2 N–H and O–H groups in total. The highest BCUT2D eigenvalue weighted by Gasteiger charge is 2.22. The summed E-state index contributed by atoms with van der Waals surface area (Å²) in [7, 11) is -0.678. The van der Waals surface area contributed by atoms with Crippen LogP contribution in [0.4, 0.5) is 0 Å². The Kier molecular flexibility index (Phi) is 5.52. The number of ether oxygens (including phenoxy) is 2. The van der Waals surface area contributed by atoms with Crippen LogP contribution in [-0.2, 0) is 21.4 Å². The summed E-state index contributed by atoms with van der Waals surface area (Å²) < 4.78 is 37.0. The van der Waals surface area contributed by atoms with E-state index in [4.69, 9.17) is 9.47 Å². The number of methoxy groups -OCH3 is 2. The van der Waals surface area contributed by atoms with Crippen LogP contribution in [0.15, 0.2) is 23.1 Å². The van der Waals surface area contributed by atoms with Crippen LogP contribution in [0.2, 0.25) is 0 Å². The third kappa shape index (κ3) is 4.17. The molecule has 1 rings (SSSR count). The Bertz CT molecular complexity index is 554. The first kappa shape index (κ1) is 16.9. The molecule has 6 nitrogen and oxygen atoms in total. The Morgan fingerprint density at radius 1 is 1.30 bits per heavy atom. The van der Waals surface area contributed by atoms with Crippen molar-refractivity contribution in [3.8, 4) is 5.75 Å². The molecular formula is C13H21NO5S. The number of nitrogens with one attached hydrogen (secondary N) is 1. The number of aliphatic hydroxyl groups excluding tert-OH is 1. The van der Waals surface area contributed by atoms with Crippen LogP contribution >= 0.6 is 0 Å². The van der Waals surface area contributed by atoms with E-state index in [1.54, 1.807) is 13.8 Å². The molecule has 0 atom stereocenters. The Balaban J connectivity index is 2.98. The average Bonchev–Trinajstić information content (AvgIpc) is 2.44. The van der Waals surface area contributed by atoms with E-state index >= 15 is 0 Å². The third-order valence-electron chi connectivity index (χ3n) is 2.97. The number of rotatable bonds is 7. The molecule has 0 unspecified atom stereocenters. The summed E-state index contributed by atoms with van der Waals surface area (Å²) in [4.78, 5) is 0.0780. The topological polar surface area (TPSA) is 84.9 Å². The van der Waals surface area contributed by atoms with E-state index in [0.29, 0.717) is 11.3 Å². The van der Waals surface area contributed by atoms with Gasteiger partial charge in [-0.15, -0.1) is 0 Å². The lowest BCUT2D eigenvalue weighted by atomic mass is 10.1. The molecule has 0 aromatic heterocycles. The first-order chi connectivity index (χ1) is 9.25. The molecule has 0 saturated heterocycles. The van der Waals surface area contributed by atoms with Crippen molar-refractivity contribution in [3.05, 3.63) is 23.8 Å². The molecular weight excluding hydrogens is 282 g/mol. The zero-order valence-electron chi connectivity index (χ0n) is 12.1. The lowest BCUT2D eigenvalue weighted by molar-refractivity contribution is 0.0276. The van der Waals surface area contributed by atoms with Crippen molar-refractivity contribution in [2.75, 3.05) is 20.8 Å². The van der Waals surface area contributed by atoms with Gasteiger partial charge in [0, 0.05) is 19.2 Å². The van der Waals surface area contributed by atoms with Crippen molar-refractivity contribution < 1.29 is 23.0 Å². The summed E-state index contributed by atoms with van der Waals surface area (Å²) in [5.74, 6) is 0.448. The van der Waals surface area contributed by atoms with Gasteiger partial charge in [-0.3, -0.25) is 0 Å². The van der Waals surface area contributed by atoms with Gasteiger partial charge in [0.05, 0.1) is 24.2 Å². The largest absolute Gasteiger partial charge is 0.496 e. The second kappa shape index (κ2) is 6.53. The van der Waals surface area contributed by atoms with Gasteiger partial charge in [0.15, 0.2) is 0 Å². The molecule has 0 amide bonds. The minimum absolute atomic E-state index is 0.0780. The van der Waals surface area contributed by atoms with Crippen molar-refractivity contribution in [2.24, 2.45) is 0 Å². The van der Waals surface area contributed by atoms with Crippen LogP contribution in [0.5, 0.6) is 5.75 Å². The summed E-state index contributed by atoms with van der Waals surface area (Å²) in [6.45, 7) is 3.41. The van der Waals surface area contributed by atoms with E-state index in [9.17, 15) is 13.5 Å². The zero-order chi connectivity index (χ0) is 15.4. The summed E-state index contributed by atoms with van der Waals surface area (Å²) in [5, 5.41) is 9.22. The van der Waals surface area contributed by atoms with Crippen molar-refractivity contribution in [2.45, 2.75) is 31.0 Å². The van der Waals surface area contributed by atoms with Crippen LogP contribution in [0.3, 0.4) is 0 Å². The van der Waals surface area contributed by atoms with E-state index in [1.807, 2.05) is 0 Å². The smallest absolute Gasteiger partial charge is 0.240 e. The maximum Gasteiger partial charge on any atom is 0.240 e. The van der Waals surface area contributed by atoms with Crippen molar-refractivity contribution in [1.82, 2.24) is 4.72 Å². The van der Waals surface area contributed by atoms with Crippen molar-refractivity contribution in [3.63, 3.8) is 0 Å². The van der Waals surface area contributed by atoms with Gasteiger partial charge in [-0.05, 0) is 32.0 Å². The molecule has 0 heterocycles. The Hall–Kier alpha value is -1.15. The Labute approximate surface area is 119 Å². The minimum Gasteiger partial charge on any atom is -0.496 e. The molecule has 20 heavy (non-hydrogen) atoms. The molecule has 1 aromatic rings. The fourth-order valence-electron chi connectivity index (χ4n) is 1.47. The Morgan fingerprint density at radius 3 is 2.45 bits per heavy atom. The molecule has 1 aromatic carbocycles. The number of benzene rings is 1. The minimum atomic E-state index is -3.66. The average molecular weight is 303 g/mol. The Morgan fingerprint density at radius 2 is 1.95 bits per heavy atom. The summed E-state index contributed by atoms with van der Waals surface area (Å²) in [6, 6.07) is 4.34. The predicted octanol–water partition coefficient (Wildman–Crippen LogP) is 0.891. The highest BCUT2D eigenvalue weighted by Crippen LogP contribution is 2.22. The fourth-order valence-corrected chi connectivity index (χ4v) is 2.72. The maximum absolute atomic E-state index is 12.2. The van der Waals surface area contributed by atoms with Crippen LogP contribution < -0.4 is 9.46 Å². The number of sulfonamides is 1. The van der Waals surface area contributed by atoms with Gasteiger partial charge in [-0.1, -0.05) is 0 Å². The predicted molar refractivity (Wildman–Crippen MR) is 75.2 cm³/mol. The van der Waals surface area contributed by atoms with Crippen LogP contribution in [0.1, 0.15) is 19.4 Å². The molecule has 0 fully saturated rings. The van der Waals surface area contributed by atoms with Crippen LogP contribution in [0, 0.1) is 0 Å². The zero-order valence-corrected chi connectivity index (χ0v) is 13.0. The van der Waals surface area contributed by atoms with E-state index in [0.717, 1.165) is 0 Å². The fraction of sp³-hybridized carbons (Fsp3) is 0.538. The lowest BCUT2D eigenvalue weighted by Crippen LogP contribution is -2.39. The highest BCUT2D eigenvalue weighted by atomic mass is 32.2. The van der Waals surface area contributed by atoms with Gasteiger partial charge in [0.25, 0.3) is 0 Å². The van der Waals surface area contributed by atoms with Gasteiger partial charge < -0.3 is 14.6 Å². The van der Waals surface area contributed by atoms with E-state index in [2.05, 4.69) is 4.72 Å². The maximum atomic E-state index is 12.2. The van der Waals surface area contributed by atoms with Gasteiger partial charge in [-0.2, -0.15) is 0 Å². The van der Waals surface area contributed by atoms with Gasteiger partial charge in [0.1, 0.15) is 5.75 Å². The van der Waals surface area contributed by atoms with E-state index in [-0.39, 0.29) is 18.0 Å². The molecule has 0 aliphatic rings. The summed E-state index contributed by atoms with van der Waals surface area (Å²) in [5.41, 5.74) is -0.180. The quantitative estimate of drug-likeness (QED) is 0.781. The van der Waals surface area contributed by atoms with E-state index in [1.165, 1.54) is 32.4 Å². The number of aliphatic hydroxyl groups is 1. The molecule has 0 spiro atoms. The first-order valence-corrected chi connectivity index (χ1v) is 7.56. The molecule has 0 aliphatic carbocycles. The van der Waals surface area contributed by atoms with E-state index < -0.39 is 15.6 Å². The highest BCUT2D eigenvalue weighted by molar-refractivity contribution is 7.89. The van der Waals surface area contributed by atoms with Crippen molar-refractivity contribution >= 4 is 10.0 Å². The second-order valence-electron chi connectivity index (χ2n) is 4.92. The first-order valence-electron chi connectivity index (χ1n) is 6.08. The number of hydrogen-bond acceptors (Lipinski definition) is 5. The summed E-state index contributed by atoms with van der Waals surface area (Å²) in [6.07, 6.45) is 0. The molecule has 114 valence electrons. The SMILES string of the molecule is COc1ccc(S(=O)(=O)NCC(C)(C)OC)cc1CO. The second-order valence-corrected chi connectivity index (χ2v) is 6.69. The molecule has 0 aliphatic heterocycles. The van der Waals surface area contributed by atoms with Crippen LogP contribution in [-0.4, -0.2) is 39.9 Å². The summed E-state index contributed by atoms with van der Waals surface area (Å²) >= 11 is 0. The molecule has 0 bridgehead atoms. The molecule has 0 saturated carbocycles. The standard InChI is InChI=1S/C13H21NO5S/c1-13(2,19-4)9-14-20(16,17)11-5-6-12(18-3)10(7-11)8-15/h5-7,14-15H,8-9H2,1-4H3. The third-order valence-corrected chi connectivity index (χ3v) is 4.37. The van der Waals surface area contributed by atoms with Gasteiger partial charge in [-0.25, -0.2) is 13.1 Å². The monoisotopic (exact) mass is 303 g/mol. The van der Waals surface area contributed by atoms with Gasteiger partial charge >= 0.3 is 0 Å².